The molecule has 0 spiro atoms. The van der Waals surface area contributed by atoms with Crippen molar-refractivity contribution < 1.29 is 0 Å². The van der Waals surface area contributed by atoms with Crippen LogP contribution in [-0.2, 0) is 6.54 Å². The third-order valence-electron chi connectivity index (χ3n) is 2.90. The van der Waals surface area contributed by atoms with Crippen molar-refractivity contribution >= 4 is 11.3 Å². The average molecular weight is 210 g/mol. The van der Waals surface area contributed by atoms with Gasteiger partial charge >= 0.3 is 0 Å². The molecule has 3 heteroatoms. The van der Waals surface area contributed by atoms with E-state index in [2.05, 4.69) is 34.7 Å². The summed E-state index contributed by atoms with van der Waals surface area (Å²) < 4.78 is 0. The minimum absolute atomic E-state index is 0.752. The Labute approximate surface area is 89.9 Å². The molecule has 1 atom stereocenters. The Morgan fingerprint density at radius 2 is 2.57 bits per heavy atom. The number of rotatable bonds is 4. The normalized spacial score (nSPS) is 22.0. The molecular weight excluding hydrogens is 192 g/mol. The van der Waals surface area contributed by atoms with E-state index in [0.29, 0.717) is 0 Å². The molecule has 78 valence electrons. The summed E-state index contributed by atoms with van der Waals surface area (Å²) in [5.74, 6) is 0. The highest BCUT2D eigenvalue weighted by Gasteiger charge is 2.20. The minimum atomic E-state index is 0.752. The largest absolute Gasteiger partial charge is 0.315 e. The number of likely N-dealkylation sites (N-methyl/N-ethyl adjacent to an activating group) is 1. The number of thiophene rings is 1. The topological polar surface area (TPSA) is 15.3 Å². The van der Waals surface area contributed by atoms with Gasteiger partial charge in [-0.25, -0.2) is 0 Å². The van der Waals surface area contributed by atoms with E-state index < -0.39 is 0 Å². The van der Waals surface area contributed by atoms with Gasteiger partial charge < -0.3 is 5.32 Å². The minimum Gasteiger partial charge on any atom is -0.315 e. The van der Waals surface area contributed by atoms with Crippen LogP contribution in [0.1, 0.15) is 18.2 Å². The maximum atomic E-state index is 3.43. The van der Waals surface area contributed by atoms with E-state index in [-0.39, 0.29) is 0 Å². The zero-order chi connectivity index (χ0) is 9.80. The van der Waals surface area contributed by atoms with Gasteiger partial charge in [-0.15, -0.1) is 11.3 Å². The molecule has 0 aliphatic carbocycles. The third kappa shape index (κ3) is 2.35. The van der Waals surface area contributed by atoms with Gasteiger partial charge in [-0.05, 0) is 31.0 Å². The van der Waals surface area contributed by atoms with E-state index in [1.54, 1.807) is 0 Å². The van der Waals surface area contributed by atoms with Gasteiger partial charge in [0.15, 0.2) is 0 Å². The van der Waals surface area contributed by atoms with Gasteiger partial charge in [0.2, 0.25) is 0 Å². The number of nitrogens with zero attached hydrogens (tertiary/aromatic N) is 1. The van der Waals surface area contributed by atoms with E-state index >= 15 is 0 Å². The molecule has 2 rings (SSSR count). The quantitative estimate of drug-likeness (QED) is 0.817. The first-order valence-corrected chi connectivity index (χ1v) is 6.25. The summed E-state index contributed by atoms with van der Waals surface area (Å²) in [5, 5.41) is 5.59. The van der Waals surface area contributed by atoms with Crippen LogP contribution in [0.2, 0.25) is 0 Å². The van der Waals surface area contributed by atoms with Gasteiger partial charge in [0.1, 0.15) is 0 Å². The highest BCUT2D eigenvalue weighted by molar-refractivity contribution is 7.09. The molecule has 0 saturated carbocycles. The van der Waals surface area contributed by atoms with Gasteiger partial charge in [0.25, 0.3) is 0 Å². The van der Waals surface area contributed by atoms with Crippen LogP contribution in [0, 0.1) is 0 Å². The molecule has 2 nitrogen and oxygen atoms in total. The number of hydrogen-bond acceptors (Lipinski definition) is 3. The van der Waals surface area contributed by atoms with Gasteiger partial charge in [0.05, 0.1) is 0 Å². The van der Waals surface area contributed by atoms with E-state index in [1.807, 2.05) is 11.3 Å². The fraction of sp³-hybridized carbons (Fsp3) is 0.636. The second kappa shape index (κ2) is 4.91. The predicted octanol–water partition coefficient (Wildman–Crippen LogP) is 1.93. The van der Waals surface area contributed by atoms with Crippen molar-refractivity contribution in [1.82, 2.24) is 10.2 Å². The Morgan fingerprint density at radius 3 is 3.14 bits per heavy atom. The van der Waals surface area contributed by atoms with Crippen molar-refractivity contribution in [3.63, 3.8) is 0 Å². The fourth-order valence-corrected chi connectivity index (χ4v) is 2.78. The van der Waals surface area contributed by atoms with Crippen molar-refractivity contribution in [2.75, 3.05) is 19.6 Å². The molecule has 2 heterocycles. The molecule has 1 fully saturated rings. The first-order chi connectivity index (χ1) is 6.90. The lowest BCUT2D eigenvalue weighted by atomic mass is 10.2. The van der Waals surface area contributed by atoms with Crippen LogP contribution in [0.4, 0.5) is 0 Å². The lowest BCUT2D eigenvalue weighted by molar-refractivity contribution is 0.212. The summed E-state index contributed by atoms with van der Waals surface area (Å²) in [4.78, 5) is 4.06. The monoisotopic (exact) mass is 210 g/mol. The molecule has 1 saturated heterocycles. The van der Waals surface area contributed by atoms with Gasteiger partial charge in [-0.3, -0.25) is 4.90 Å². The molecule has 0 aromatic carbocycles. The summed E-state index contributed by atoms with van der Waals surface area (Å²) in [6.07, 6.45) is 1.30. The average Bonchev–Trinajstić information content (AvgIpc) is 2.86. The molecule has 0 amide bonds. The summed E-state index contributed by atoms with van der Waals surface area (Å²) >= 11 is 1.86. The van der Waals surface area contributed by atoms with Crippen LogP contribution in [-0.4, -0.2) is 30.6 Å². The second-order valence-electron chi connectivity index (χ2n) is 3.79. The first kappa shape index (κ1) is 10.1. The molecule has 1 aliphatic heterocycles. The van der Waals surface area contributed by atoms with E-state index in [1.165, 1.54) is 24.4 Å². The highest BCUT2D eigenvalue weighted by Crippen LogP contribution is 2.16. The summed E-state index contributed by atoms with van der Waals surface area (Å²) in [7, 11) is 0. The smallest absolute Gasteiger partial charge is 0.0331 e. The highest BCUT2D eigenvalue weighted by atomic mass is 32.1. The molecule has 14 heavy (non-hydrogen) atoms. The van der Waals surface area contributed by atoms with Crippen LogP contribution in [0.5, 0.6) is 0 Å². The maximum Gasteiger partial charge on any atom is 0.0331 e. The van der Waals surface area contributed by atoms with Gasteiger partial charge in [0, 0.05) is 24.0 Å². The van der Waals surface area contributed by atoms with Crippen molar-refractivity contribution in [2.45, 2.75) is 25.9 Å². The molecule has 1 aromatic rings. The fourth-order valence-electron chi connectivity index (χ4n) is 2.05. The van der Waals surface area contributed by atoms with Crippen molar-refractivity contribution in [3.05, 3.63) is 22.4 Å². The zero-order valence-corrected chi connectivity index (χ0v) is 9.52. The predicted molar refractivity (Wildman–Crippen MR) is 61.7 cm³/mol. The van der Waals surface area contributed by atoms with Crippen molar-refractivity contribution in [3.8, 4) is 0 Å². The second-order valence-corrected chi connectivity index (χ2v) is 4.82. The molecule has 1 aliphatic rings. The van der Waals surface area contributed by atoms with Crippen molar-refractivity contribution in [2.24, 2.45) is 0 Å². The molecule has 1 unspecified atom stereocenters. The Kier molecular flexibility index (Phi) is 3.56. The number of nitrogens with one attached hydrogen (secondary N) is 1. The Morgan fingerprint density at radius 1 is 1.64 bits per heavy atom. The Balaban J connectivity index is 1.92. The van der Waals surface area contributed by atoms with Gasteiger partial charge in [-0.1, -0.05) is 13.0 Å². The summed E-state index contributed by atoms with van der Waals surface area (Å²) in [6.45, 7) is 6.89. The molecular formula is C11H18N2S. The van der Waals surface area contributed by atoms with E-state index in [0.717, 1.165) is 19.1 Å². The standard InChI is InChI=1S/C11H18N2S/c1-2-13(10-5-6-12-8-10)9-11-4-3-7-14-11/h3-4,7,10,12H,2,5-6,8-9H2,1H3. The Hall–Kier alpha value is -0.380. The van der Waals surface area contributed by atoms with Crippen molar-refractivity contribution in [1.29, 1.82) is 0 Å². The van der Waals surface area contributed by atoms with E-state index in [9.17, 15) is 0 Å². The van der Waals surface area contributed by atoms with Crippen LogP contribution < -0.4 is 5.32 Å². The van der Waals surface area contributed by atoms with Crippen LogP contribution in [0.25, 0.3) is 0 Å². The van der Waals surface area contributed by atoms with Crippen LogP contribution in [0.3, 0.4) is 0 Å². The lowest BCUT2D eigenvalue weighted by Gasteiger charge is -2.26. The first-order valence-electron chi connectivity index (χ1n) is 5.37. The number of hydrogen-bond donors (Lipinski definition) is 1. The Bertz CT molecular complexity index is 252. The molecule has 1 aromatic heterocycles. The summed E-state index contributed by atoms with van der Waals surface area (Å²) in [6, 6.07) is 5.12. The molecule has 0 radical (unpaired) electrons. The SMILES string of the molecule is CCN(Cc1cccs1)C1CCNC1. The van der Waals surface area contributed by atoms with Crippen LogP contribution in [0.15, 0.2) is 17.5 Å². The summed E-state index contributed by atoms with van der Waals surface area (Å²) in [5.41, 5.74) is 0. The maximum absolute atomic E-state index is 3.43. The molecule has 0 bridgehead atoms. The van der Waals surface area contributed by atoms with E-state index in [4.69, 9.17) is 0 Å². The third-order valence-corrected chi connectivity index (χ3v) is 3.76. The zero-order valence-electron chi connectivity index (χ0n) is 8.70. The lowest BCUT2D eigenvalue weighted by Crippen LogP contribution is -2.35. The van der Waals surface area contributed by atoms with Crippen LogP contribution >= 0.6 is 11.3 Å². The molecule has 1 N–H and O–H groups in total. The van der Waals surface area contributed by atoms with Gasteiger partial charge in [-0.2, -0.15) is 0 Å².